The number of hydrogen-bond donors (Lipinski definition) is 1. The van der Waals surface area contributed by atoms with Crippen LogP contribution in [0.5, 0.6) is 11.5 Å². The largest absolute Gasteiger partial charge is 0.497 e. The number of nitrogens with zero attached hydrogens (tertiary/aromatic N) is 2. The summed E-state index contributed by atoms with van der Waals surface area (Å²) in [4.78, 5) is 27.2. The molecule has 0 bridgehead atoms. The maximum absolute atomic E-state index is 13.3. The Hall–Kier alpha value is -3.91. The van der Waals surface area contributed by atoms with Gasteiger partial charge in [-0.3, -0.25) is 19.8 Å². The van der Waals surface area contributed by atoms with Gasteiger partial charge in [0.2, 0.25) is 0 Å². The Morgan fingerprint density at radius 2 is 1.79 bits per heavy atom. The van der Waals surface area contributed by atoms with Gasteiger partial charge in [-0.1, -0.05) is 6.07 Å². The van der Waals surface area contributed by atoms with E-state index in [1.165, 1.54) is 4.90 Å². The lowest BCUT2D eigenvalue weighted by atomic mass is 10.1. The predicted molar refractivity (Wildman–Crippen MR) is 131 cm³/mol. The van der Waals surface area contributed by atoms with E-state index in [9.17, 15) is 9.59 Å². The molecule has 1 saturated heterocycles. The zero-order valence-corrected chi connectivity index (χ0v) is 19.3. The average Bonchev–Trinajstić information content (AvgIpc) is 3.17. The molecule has 1 fully saturated rings. The minimum atomic E-state index is -0.530. The summed E-state index contributed by atoms with van der Waals surface area (Å²) >= 11 is 5.29. The normalized spacial score (nSPS) is 15.1. The van der Waals surface area contributed by atoms with E-state index in [4.69, 9.17) is 21.7 Å². The van der Waals surface area contributed by atoms with E-state index in [0.29, 0.717) is 18.0 Å². The number of ether oxygens (including phenoxy) is 2. The van der Waals surface area contributed by atoms with Crippen molar-refractivity contribution in [1.82, 2.24) is 9.88 Å². The molecule has 0 spiro atoms. The molecule has 0 unspecified atom stereocenters. The number of anilines is 1. The van der Waals surface area contributed by atoms with Crippen LogP contribution in [-0.4, -0.2) is 35.2 Å². The maximum atomic E-state index is 13.3. The number of aryl methyl sites for hydroxylation is 1. The summed E-state index contributed by atoms with van der Waals surface area (Å²) < 4.78 is 12.7. The topological polar surface area (TPSA) is 72.8 Å². The minimum absolute atomic E-state index is 0.00251. The van der Waals surface area contributed by atoms with Gasteiger partial charge < -0.3 is 14.0 Å². The molecule has 0 saturated carbocycles. The predicted octanol–water partition coefficient (Wildman–Crippen LogP) is 4.02. The molecule has 8 heteroatoms. The first-order valence-corrected chi connectivity index (χ1v) is 10.8. The maximum Gasteiger partial charge on any atom is 0.270 e. The van der Waals surface area contributed by atoms with Crippen LogP contribution < -0.4 is 19.7 Å². The van der Waals surface area contributed by atoms with Crippen molar-refractivity contribution in [2.24, 2.45) is 0 Å². The molecule has 3 aromatic rings. The Balaban J connectivity index is 1.67. The van der Waals surface area contributed by atoms with Crippen molar-refractivity contribution in [2.75, 3.05) is 18.6 Å². The van der Waals surface area contributed by atoms with Gasteiger partial charge in [-0.05, 0) is 80.2 Å². The lowest BCUT2D eigenvalue weighted by molar-refractivity contribution is -0.122. The number of carbonyl (C=O) groups is 2. The van der Waals surface area contributed by atoms with E-state index in [0.717, 1.165) is 22.7 Å². The summed E-state index contributed by atoms with van der Waals surface area (Å²) in [5.74, 6) is 0.351. The molecule has 0 radical (unpaired) electrons. The van der Waals surface area contributed by atoms with Gasteiger partial charge in [0.1, 0.15) is 17.1 Å². The van der Waals surface area contributed by atoms with Crippen LogP contribution in [0.3, 0.4) is 0 Å². The van der Waals surface area contributed by atoms with E-state index in [2.05, 4.69) is 5.32 Å². The zero-order valence-electron chi connectivity index (χ0n) is 18.5. The SMILES string of the molecule is CCOc1cccc(N2C(=O)/C(=C\c3cc(C)n(-c4ccc(OC)cc4)c3)C(=O)NC2=S)c1. The average molecular weight is 462 g/mol. The summed E-state index contributed by atoms with van der Waals surface area (Å²) in [6.45, 7) is 4.33. The number of rotatable bonds is 6. The molecule has 168 valence electrons. The van der Waals surface area contributed by atoms with Crippen LogP contribution in [0.2, 0.25) is 0 Å². The van der Waals surface area contributed by atoms with E-state index in [1.54, 1.807) is 37.5 Å². The quantitative estimate of drug-likeness (QED) is 0.341. The van der Waals surface area contributed by atoms with Crippen LogP contribution in [0.4, 0.5) is 5.69 Å². The highest BCUT2D eigenvalue weighted by Crippen LogP contribution is 2.26. The van der Waals surface area contributed by atoms with Gasteiger partial charge in [-0.15, -0.1) is 0 Å². The number of nitrogens with one attached hydrogen (secondary N) is 1. The lowest BCUT2D eigenvalue weighted by Gasteiger charge is -2.29. The smallest absolute Gasteiger partial charge is 0.270 e. The Labute approximate surface area is 197 Å². The van der Waals surface area contributed by atoms with E-state index >= 15 is 0 Å². The van der Waals surface area contributed by atoms with Gasteiger partial charge in [0.15, 0.2) is 5.11 Å². The summed E-state index contributed by atoms with van der Waals surface area (Å²) in [5.41, 5.74) is 3.13. The minimum Gasteiger partial charge on any atom is -0.497 e. The van der Waals surface area contributed by atoms with Crippen molar-refractivity contribution in [3.05, 3.63) is 77.6 Å². The number of thiocarbonyl (C=S) groups is 1. The van der Waals surface area contributed by atoms with Gasteiger partial charge in [0.05, 0.1) is 19.4 Å². The summed E-state index contributed by atoms with van der Waals surface area (Å²) in [7, 11) is 1.62. The van der Waals surface area contributed by atoms with Crippen LogP contribution in [0.15, 0.2) is 66.4 Å². The van der Waals surface area contributed by atoms with E-state index in [1.807, 2.05) is 54.9 Å². The standard InChI is InChI=1S/C25H23N3O4S/c1-4-32-21-7-5-6-19(14-21)28-24(30)22(23(29)26-25(28)33)13-17-12-16(2)27(15-17)18-8-10-20(31-3)11-9-18/h5-15H,4H2,1-3H3,(H,26,29,33)/b22-13-. The fourth-order valence-corrected chi connectivity index (χ4v) is 3.92. The number of hydrogen-bond acceptors (Lipinski definition) is 5. The molecule has 1 aromatic heterocycles. The second-order valence-corrected chi connectivity index (χ2v) is 7.76. The second-order valence-electron chi connectivity index (χ2n) is 7.37. The number of methoxy groups -OCH3 is 1. The molecule has 0 aliphatic carbocycles. The number of benzene rings is 2. The molecular formula is C25H23N3O4S. The molecule has 1 aliphatic heterocycles. The first kappa shape index (κ1) is 22.3. The molecule has 4 rings (SSSR count). The van der Waals surface area contributed by atoms with Crippen molar-refractivity contribution in [2.45, 2.75) is 13.8 Å². The van der Waals surface area contributed by atoms with E-state index in [-0.39, 0.29) is 10.7 Å². The van der Waals surface area contributed by atoms with Crippen molar-refractivity contribution in [3.8, 4) is 17.2 Å². The Bertz CT molecular complexity index is 1260. The van der Waals surface area contributed by atoms with Crippen LogP contribution >= 0.6 is 12.2 Å². The Morgan fingerprint density at radius 1 is 1.03 bits per heavy atom. The van der Waals surface area contributed by atoms with Crippen molar-refractivity contribution in [1.29, 1.82) is 0 Å². The molecular weight excluding hydrogens is 438 g/mol. The van der Waals surface area contributed by atoms with Gasteiger partial charge in [-0.25, -0.2) is 0 Å². The first-order valence-electron chi connectivity index (χ1n) is 10.4. The molecule has 0 atom stereocenters. The third-order valence-electron chi connectivity index (χ3n) is 5.18. The van der Waals surface area contributed by atoms with Crippen LogP contribution in [0.1, 0.15) is 18.2 Å². The Morgan fingerprint density at radius 3 is 2.48 bits per heavy atom. The summed E-state index contributed by atoms with van der Waals surface area (Å²) in [6.07, 6.45) is 3.45. The fourth-order valence-electron chi connectivity index (χ4n) is 3.64. The van der Waals surface area contributed by atoms with Crippen molar-refractivity contribution < 1.29 is 19.1 Å². The van der Waals surface area contributed by atoms with Gasteiger partial charge in [0.25, 0.3) is 11.8 Å². The summed E-state index contributed by atoms with van der Waals surface area (Å²) in [6, 6.07) is 16.6. The van der Waals surface area contributed by atoms with Gasteiger partial charge >= 0.3 is 0 Å². The molecule has 1 N–H and O–H groups in total. The third-order valence-corrected chi connectivity index (χ3v) is 5.47. The zero-order chi connectivity index (χ0) is 23.5. The molecule has 33 heavy (non-hydrogen) atoms. The number of aromatic nitrogens is 1. The van der Waals surface area contributed by atoms with Crippen molar-refractivity contribution >= 4 is 40.9 Å². The molecule has 2 heterocycles. The van der Waals surface area contributed by atoms with Crippen LogP contribution in [-0.2, 0) is 9.59 Å². The molecule has 2 aromatic carbocycles. The second kappa shape index (κ2) is 9.30. The van der Waals surface area contributed by atoms with Crippen LogP contribution in [0.25, 0.3) is 11.8 Å². The first-order chi connectivity index (χ1) is 15.9. The third kappa shape index (κ3) is 4.51. The van der Waals surface area contributed by atoms with Gasteiger partial charge in [0, 0.05) is 23.6 Å². The number of amides is 2. The fraction of sp³-hybridized carbons (Fsp3) is 0.160. The molecule has 2 amide bonds. The highest BCUT2D eigenvalue weighted by molar-refractivity contribution is 7.80. The number of carbonyl (C=O) groups excluding carboxylic acids is 2. The molecule has 1 aliphatic rings. The highest BCUT2D eigenvalue weighted by atomic mass is 32.1. The van der Waals surface area contributed by atoms with Crippen molar-refractivity contribution in [3.63, 3.8) is 0 Å². The Kier molecular flexibility index (Phi) is 6.28. The lowest BCUT2D eigenvalue weighted by Crippen LogP contribution is -2.54. The van der Waals surface area contributed by atoms with Gasteiger partial charge in [-0.2, -0.15) is 0 Å². The monoisotopic (exact) mass is 461 g/mol. The highest BCUT2D eigenvalue weighted by Gasteiger charge is 2.34. The molecule has 7 nitrogen and oxygen atoms in total. The van der Waals surface area contributed by atoms with E-state index < -0.39 is 11.8 Å². The van der Waals surface area contributed by atoms with Crippen LogP contribution in [0, 0.1) is 6.92 Å². The summed E-state index contributed by atoms with van der Waals surface area (Å²) in [5, 5.41) is 2.64.